The number of hydrogen-bond donors (Lipinski definition) is 5. The molecule has 9 heteroatoms. The van der Waals surface area contributed by atoms with Gasteiger partial charge in [0.1, 0.15) is 18.3 Å². The van der Waals surface area contributed by atoms with E-state index >= 15 is 0 Å². The molecule has 0 radical (unpaired) electrons. The zero-order valence-electron chi connectivity index (χ0n) is 13.4. The molecule has 1 aromatic rings. The first-order valence-corrected chi connectivity index (χ1v) is 7.62. The average Bonchev–Trinajstić information content (AvgIpc) is 2.60. The predicted octanol–water partition coefficient (Wildman–Crippen LogP) is -1.25. The van der Waals surface area contributed by atoms with Crippen LogP contribution in [0.25, 0.3) is 0 Å². The second-order valence-electron chi connectivity index (χ2n) is 5.67. The highest BCUT2D eigenvalue weighted by molar-refractivity contribution is 5.85. The molecule has 2 rings (SSSR count). The molecule has 0 bridgehead atoms. The number of hydrogen-bond acceptors (Lipinski definition) is 7. The minimum atomic E-state index is -1.63. The van der Waals surface area contributed by atoms with Crippen LogP contribution >= 0.6 is 0 Å². The van der Waals surface area contributed by atoms with Gasteiger partial charge in [0.05, 0.1) is 12.6 Å². The molecule has 1 aromatic heterocycles. The number of aliphatic hydroxyl groups is 3. The van der Waals surface area contributed by atoms with Crippen molar-refractivity contribution in [3.05, 3.63) is 41.9 Å². The lowest BCUT2D eigenvalue weighted by molar-refractivity contribution is -0.146. The third-order valence-corrected chi connectivity index (χ3v) is 3.86. The highest BCUT2D eigenvalue weighted by atomic mass is 16.5. The number of ether oxygens (including phenoxy) is 1. The van der Waals surface area contributed by atoms with Crippen LogP contribution in [0.5, 0.6) is 0 Å². The predicted molar refractivity (Wildman–Crippen MR) is 84.3 cm³/mol. The van der Waals surface area contributed by atoms with Gasteiger partial charge in [-0.3, -0.25) is 9.78 Å². The van der Waals surface area contributed by atoms with Crippen LogP contribution in [-0.2, 0) is 14.3 Å². The van der Waals surface area contributed by atoms with Crippen LogP contribution in [-0.4, -0.2) is 68.2 Å². The van der Waals surface area contributed by atoms with Crippen molar-refractivity contribution in [1.82, 2.24) is 10.3 Å². The molecule has 0 aliphatic carbocycles. The Hall–Kier alpha value is -2.49. The molecule has 1 aliphatic rings. The van der Waals surface area contributed by atoms with Gasteiger partial charge in [-0.25, -0.2) is 4.79 Å². The van der Waals surface area contributed by atoms with E-state index in [1.54, 1.807) is 18.2 Å². The van der Waals surface area contributed by atoms with Crippen molar-refractivity contribution >= 4 is 11.9 Å². The van der Waals surface area contributed by atoms with Crippen LogP contribution in [0.4, 0.5) is 0 Å². The van der Waals surface area contributed by atoms with Crippen molar-refractivity contribution < 1.29 is 34.8 Å². The van der Waals surface area contributed by atoms with Crippen LogP contribution in [0.15, 0.2) is 36.2 Å². The van der Waals surface area contributed by atoms with Crippen LogP contribution in [0.2, 0.25) is 0 Å². The first-order valence-electron chi connectivity index (χ1n) is 7.62. The van der Waals surface area contributed by atoms with Crippen molar-refractivity contribution in [2.75, 3.05) is 6.61 Å². The monoisotopic (exact) mass is 352 g/mol. The Labute approximate surface area is 143 Å². The summed E-state index contributed by atoms with van der Waals surface area (Å²) in [5.41, 5.74) is 0.457. The second-order valence-corrected chi connectivity index (χ2v) is 5.67. The van der Waals surface area contributed by atoms with Gasteiger partial charge < -0.3 is 30.5 Å². The largest absolute Gasteiger partial charge is 0.478 e. The van der Waals surface area contributed by atoms with Gasteiger partial charge in [-0.15, -0.1) is 0 Å². The molecule has 0 saturated heterocycles. The molecule has 1 amide bonds. The zero-order chi connectivity index (χ0) is 18.6. The summed E-state index contributed by atoms with van der Waals surface area (Å²) in [6, 6.07) is 4.13. The third kappa shape index (κ3) is 4.32. The topological polar surface area (TPSA) is 149 Å². The van der Waals surface area contributed by atoms with Crippen molar-refractivity contribution in [2.45, 2.75) is 37.2 Å². The summed E-state index contributed by atoms with van der Waals surface area (Å²) in [6.07, 6.45) is -1.69. The number of amides is 1. The Morgan fingerprint density at radius 1 is 1.36 bits per heavy atom. The molecule has 9 nitrogen and oxygen atoms in total. The lowest BCUT2D eigenvalue weighted by Gasteiger charge is -2.39. The van der Waals surface area contributed by atoms with Gasteiger partial charge in [0.15, 0.2) is 0 Å². The van der Waals surface area contributed by atoms with E-state index in [9.17, 15) is 24.9 Å². The molecule has 1 aliphatic heterocycles. The maximum atomic E-state index is 11.6. The van der Waals surface area contributed by atoms with E-state index in [0.717, 1.165) is 0 Å². The maximum absolute atomic E-state index is 11.6. The standard InChI is InChI=1S/C16H20N2O7/c1-8(20)18-13-9(10-4-2-3-5-17-10)6-12(16(23)24)25-15(13)14(22)11(21)7-19/h2-6,9,11,13-15,19,21-22H,7H2,1H3,(H,18,20)(H,23,24)/t9-,11-,13-,14-,15-/m1/s1. The van der Waals surface area contributed by atoms with E-state index in [1.807, 2.05) is 0 Å². The number of carboxylic acids is 1. The van der Waals surface area contributed by atoms with Gasteiger partial charge >= 0.3 is 5.97 Å². The Bertz CT molecular complexity index is 649. The van der Waals surface area contributed by atoms with Gasteiger partial charge in [-0.1, -0.05) is 6.07 Å². The third-order valence-electron chi connectivity index (χ3n) is 3.86. The summed E-state index contributed by atoms with van der Waals surface area (Å²) in [5, 5.41) is 40.9. The molecular weight excluding hydrogens is 332 g/mol. The molecule has 5 N–H and O–H groups in total. The van der Waals surface area contributed by atoms with Gasteiger partial charge in [0.25, 0.3) is 0 Å². The highest BCUT2D eigenvalue weighted by Crippen LogP contribution is 2.32. The van der Waals surface area contributed by atoms with E-state index in [1.165, 1.54) is 19.2 Å². The Balaban J connectivity index is 2.49. The van der Waals surface area contributed by atoms with Gasteiger partial charge in [-0.2, -0.15) is 0 Å². The summed E-state index contributed by atoms with van der Waals surface area (Å²) in [5.74, 6) is -2.95. The number of aromatic nitrogens is 1. The van der Waals surface area contributed by atoms with Crippen LogP contribution in [0.3, 0.4) is 0 Å². The summed E-state index contributed by atoms with van der Waals surface area (Å²) < 4.78 is 5.30. The fourth-order valence-electron chi connectivity index (χ4n) is 2.71. The summed E-state index contributed by atoms with van der Waals surface area (Å²) in [4.78, 5) is 27.1. The Morgan fingerprint density at radius 3 is 2.60 bits per heavy atom. The number of carboxylic acid groups (broad SMARTS) is 1. The zero-order valence-corrected chi connectivity index (χ0v) is 13.4. The molecule has 0 spiro atoms. The quantitative estimate of drug-likeness (QED) is 0.426. The van der Waals surface area contributed by atoms with Crippen molar-refractivity contribution in [3.63, 3.8) is 0 Å². The molecule has 5 atom stereocenters. The smallest absolute Gasteiger partial charge is 0.370 e. The average molecular weight is 352 g/mol. The summed E-state index contributed by atoms with van der Waals surface area (Å²) in [7, 11) is 0. The number of nitrogens with zero attached hydrogens (tertiary/aromatic N) is 1. The first kappa shape index (κ1) is 18.8. The van der Waals surface area contributed by atoms with Gasteiger partial charge in [0.2, 0.25) is 11.7 Å². The van der Waals surface area contributed by atoms with Crippen molar-refractivity contribution in [1.29, 1.82) is 0 Å². The lowest BCUT2D eigenvalue weighted by atomic mass is 9.85. The van der Waals surface area contributed by atoms with E-state index in [2.05, 4.69) is 10.3 Å². The molecule has 136 valence electrons. The Kier molecular flexibility index (Phi) is 6.07. The fraction of sp³-hybridized carbons (Fsp3) is 0.438. The molecule has 25 heavy (non-hydrogen) atoms. The SMILES string of the molecule is CC(=O)N[C@H]1[C@H]([C@H](O)[C@H](O)CO)OC(C(=O)O)=C[C@@H]1c1ccccn1. The molecular formula is C16H20N2O7. The first-order chi connectivity index (χ1) is 11.8. The molecule has 2 heterocycles. The van der Waals surface area contributed by atoms with E-state index in [-0.39, 0.29) is 0 Å². The van der Waals surface area contributed by atoms with Crippen LogP contribution < -0.4 is 5.32 Å². The van der Waals surface area contributed by atoms with E-state index in [0.29, 0.717) is 5.69 Å². The Morgan fingerprint density at radius 2 is 2.08 bits per heavy atom. The van der Waals surface area contributed by atoms with Gasteiger partial charge in [-0.05, 0) is 18.2 Å². The fourth-order valence-corrected chi connectivity index (χ4v) is 2.71. The lowest BCUT2D eigenvalue weighted by Crippen LogP contribution is -2.57. The summed E-state index contributed by atoms with van der Waals surface area (Å²) in [6.45, 7) is 0.506. The molecule has 0 saturated carbocycles. The number of aliphatic carboxylic acids is 1. The highest BCUT2D eigenvalue weighted by Gasteiger charge is 2.44. The number of rotatable bonds is 6. The van der Waals surface area contributed by atoms with Crippen molar-refractivity contribution in [2.24, 2.45) is 0 Å². The number of nitrogens with one attached hydrogen (secondary N) is 1. The van der Waals surface area contributed by atoms with Crippen LogP contribution in [0, 0.1) is 0 Å². The number of carbonyl (C=O) groups excluding carboxylic acids is 1. The van der Waals surface area contributed by atoms with Crippen LogP contribution in [0.1, 0.15) is 18.5 Å². The minimum Gasteiger partial charge on any atom is -0.478 e. The minimum absolute atomic E-state index is 0.433. The number of aliphatic hydroxyl groups excluding tert-OH is 3. The number of carbonyl (C=O) groups is 2. The molecule has 0 aromatic carbocycles. The van der Waals surface area contributed by atoms with Gasteiger partial charge in [0, 0.05) is 24.7 Å². The molecule has 0 fully saturated rings. The normalized spacial score (nSPS) is 25.3. The maximum Gasteiger partial charge on any atom is 0.370 e. The molecule has 0 unspecified atom stereocenters. The van der Waals surface area contributed by atoms with E-state index in [4.69, 9.17) is 9.84 Å². The second kappa shape index (κ2) is 8.06. The summed E-state index contributed by atoms with van der Waals surface area (Å²) >= 11 is 0. The van der Waals surface area contributed by atoms with E-state index < -0.39 is 54.5 Å². The van der Waals surface area contributed by atoms with Crippen molar-refractivity contribution in [3.8, 4) is 0 Å². The number of pyridine rings is 1.